The summed E-state index contributed by atoms with van der Waals surface area (Å²) >= 11 is 0. The van der Waals surface area contributed by atoms with Crippen LogP contribution in [0, 0.1) is 0 Å². The lowest BCUT2D eigenvalue weighted by molar-refractivity contribution is -0.532. The highest BCUT2D eigenvalue weighted by Crippen LogP contribution is 2.43. The summed E-state index contributed by atoms with van der Waals surface area (Å²) in [5, 5.41) is 12.3. The van der Waals surface area contributed by atoms with Gasteiger partial charge < -0.3 is 12.4 Å². The first kappa shape index (κ1) is 21.0. The lowest BCUT2D eigenvalue weighted by atomic mass is 9.76. The molecule has 4 rings (SSSR count). The van der Waals surface area contributed by atoms with Gasteiger partial charge in [0.1, 0.15) is 12.1 Å². The number of nitrogens with one attached hydrogen (secondary N) is 1. The second kappa shape index (κ2) is 9.68. The van der Waals surface area contributed by atoms with E-state index in [9.17, 15) is 0 Å². The molecule has 0 aromatic heterocycles. The highest BCUT2D eigenvalue weighted by atomic mass is 35.5. The molecule has 0 bridgehead atoms. The number of rotatable bonds is 7. The van der Waals surface area contributed by atoms with E-state index in [2.05, 4.69) is 118 Å². The smallest absolute Gasteiger partial charge is 0.196 e. The zero-order valence-corrected chi connectivity index (χ0v) is 17.5. The second-order valence-corrected chi connectivity index (χ2v) is 7.07. The Morgan fingerprint density at radius 1 is 0.793 bits per heavy atom. The van der Waals surface area contributed by atoms with Gasteiger partial charge in [-0.25, -0.2) is 0 Å². The van der Waals surface area contributed by atoms with Gasteiger partial charge in [-0.05, 0) is 23.1 Å². The summed E-state index contributed by atoms with van der Waals surface area (Å²) in [7, 11) is 0. The van der Waals surface area contributed by atoms with Gasteiger partial charge in [0.15, 0.2) is 6.67 Å². The molecule has 1 heterocycles. The zero-order valence-electron chi connectivity index (χ0n) is 16.7. The van der Waals surface area contributed by atoms with Crippen LogP contribution in [0.4, 0.5) is 0 Å². The van der Waals surface area contributed by atoms with Crippen molar-refractivity contribution in [2.75, 3.05) is 13.2 Å². The molecule has 0 radical (unpaired) electrons. The number of unbranched alkanes of at least 4 members (excludes halogenated alkanes) is 1. The van der Waals surface area contributed by atoms with Gasteiger partial charge in [0.2, 0.25) is 0 Å². The van der Waals surface area contributed by atoms with Gasteiger partial charge in [-0.3, -0.25) is 0 Å². The molecule has 0 aliphatic carbocycles. The molecule has 0 spiro atoms. The molecule has 5 heteroatoms. The van der Waals surface area contributed by atoms with E-state index in [0.717, 1.165) is 19.4 Å². The molecule has 1 N–H and O–H groups in total. The molecule has 3 aromatic rings. The van der Waals surface area contributed by atoms with E-state index in [1.807, 2.05) is 0 Å². The Morgan fingerprint density at radius 3 is 1.66 bits per heavy atom. The van der Waals surface area contributed by atoms with Crippen LogP contribution < -0.4 is 17.5 Å². The van der Waals surface area contributed by atoms with Crippen LogP contribution in [-0.2, 0) is 5.54 Å². The van der Waals surface area contributed by atoms with Crippen LogP contribution in [0.5, 0.6) is 0 Å². The largest absolute Gasteiger partial charge is 1.00 e. The van der Waals surface area contributed by atoms with E-state index < -0.39 is 5.54 Å². The molecule has 0 unspecified atom stereocenters. The topological polar surface area (TPSA) is 32.8 Å². The van der Waals surface area contributed by atoms with Crippen molar-refractivity contribution in [1.29, 1.82) is 0 Å². The van der Waals surface area contributed by atoms with Crippen molar-refractivity contribution < 1.29 is 17.5 Å². The quantitative estimate of drug-likeness (QED) is 0.586. The van der Waals surface area contributed by atoms with E-state index in [0.29, 0.717) is 6.67 Å². The molecule has 3 aromatic carbocycles. The van der Waals surface area contributed by atoms with Crippen LogP contribution in [0.25, 0.3) is 0 Å². The number of nitrogens with zero attached hydrogens (tertiary/aromatic N) is 3. The predicted octanol–water partition coefficient (Wildman–Crippen LogP) is 0.721. The van der Waals surface area contributed by atoms with E-state index in [-0.39, 0.29) is 12.4 Å². The minimum atomic E-state index is -0.468. The van der Waals surface area contributed by atoms with Crippen LogP contribution >= 0.6 is 0 Å². The fourth-order valence-corrected chi connectivity index (χ4v) is 4.06. The van der Waals surface area contributed by atoms with Crippen molar-refractivity contribution in [2.24, 2.45) is 5.22 Å². The minimum absolute atomic E-state index is 0. The molecule has 4 nitrogen and oxygen atoms in total. The average Bonchev–Trinajstić information content (AvgIpc) is 3.24. The Morgan fingerprint density at radius 2 is 1.24 bits per heavy atom. The highest BCUT2D eigenvalue weighted by molar-refractivity contribution is 5.49. The van der Waals surface area contributed by atoms with Gasteiger partial charge >= 0.3 is 0 Å². The van der Waals surface area contributed by atoms with E-state index in [1.165, 1.54) is 16.7 Å². The Balaban J connectivity index is 0.00000240. The molecule has 0 saturated carbocycles. The lowest BCUT2D eigenvalue weighted by Crippen LogP contribution is -3.00. The molecular weight excluding hydrogens is 380 g/mol. The summed E-state index contributed by atoms with van der Waals surface area (Å²) in [6.07, 6.45) is 2.23. The van der Waals surface area contributed by atoms with Crippen LogP contribution in [0.3, 0.4) is 0 Å². The SMILES string of the molecule is CCCCN1N=[NH+]CN1C(c1ccccc1)(c1ccccc1)c1ccccc1.[Cl-]. The van der Waals surface area contributed by atoms with Crippen molar-refractivity contribution in [3.8, 4) is 0 Å². The molecule has 0 fully saturated rings. The standard InChI is InChI=1S/C24H26N4.ClH/c1-2-3-19-28-26-25-20-27(28)24(21-13-7-4-8-14-21,22-15-9-5-10-16-22)23-17-11-6-12-18-23;/h4-18H,2-3,19-20H2,1H3;1H. The zero-order chi connectivity index (χ0) is 19.2. The second-order valence-electron chi connectivity index (χ2n) is 7.07. The maximum absolute atomic E-state index is 4.61. The number of benzene rings is 3. The van der Waals surface area contributed by atoms with Gasteiger partial charge in [-0.15, -0.1) is 0 Å². The molecule has 29 heavy (non-hydrogen) atoms. The van der Waals surface area contributed by atoms with Crippen LogP contribution in [-0.4, -0.2) is 23.3 Å². The highest BCUT2D eigenvalue weighted by Gasteiger charge is 2.50. The van der Waals surface area contributed by atoms with Gasteiger partial charge in [0.05, 0.1) is 5.22 Å². The Bertz CT molecular complexity index is 803. The molecule has 0 amide bonds. The first-order chi connectivity index (χ1) is 13.9. The van der Waals surface area contributed by atoms with Gasteiger partial charge in [0.25, 0.3) is 0 Å². The molecule has 0 saturated heterocycles. The van der Waals surface area contributed by atoms with Gasteiger partial charge in [-0.1, -0.05) is 114 Å². The summed E-state index contributed by atoms with van der Waals surface area (Å²) in [6.45, 7) is 3.76. The van der Waals surface area contributed by atoms with Crippen LogP contribution in [0.15, 0.2) is 96.2 Å². The molecule has 1 aliphatic heterocycles. The number of hydrazine groups is 1. The van der Waals surface area contributed by atoms with Crippen molar-refractivity contribution in [3.63, 3.8) is 0 Å². The third-order valence-electron chi connectivity index (χ3n) is 5.36. The third kappa shape index (κ3) is 3.91. The number of hydrogen-bond donors (Lipinski definition) is 1. The average molecular weight is 407 g/mol. The van der Waals surface area contributed by atoms with Crippen molar-refractivity contribution in [3.05, 3.63) is 108 Å². The van der Waals surface area contributed by atoms with Crippen LogP contribution in [0.2, 0.25) is 0 Å². The van der Waals surface area contributed by atoms with Crippen molar-refractivity contribution in [1.82, 2.24) is 10.1 Å². The Hall–Kier alpha value is -2.69. The molecule has 0 atom stereocenters. The predicted molar refractivity (Wildman–Crippen MR) is 111 cm³/mol. The first-order valence-corrected chi connectivity index (χ1v) is 10.0. The van der Waals surface area contributed by atoms with E-state index >= 15 is 0 Å². The maximum atomic E-state index is 4.61. The lowest BCUT2D eigenvalue weighted by Gasteiger charge is -2.41. The Labute approximate surface area is 179 Å². The molecule has 1 aliphatic rings. The molecule has 150 valence electrons. The first-order valence-electron chi connectivity index (χ1n) is 10.0. The monoisotopic (exact) mass is 406 g/mol. The summed E-state index contributed by atoms with van der Waals surface area (Å²) in [5.74, 6) is 0. The van der Waals surface area contributed by atoms with E-state index in [1.54, 1.807) is 0 Å². The third-order valence-corrected chi connectivity index (χ3v) is 5.36. The molecular formula is C24H27ClN4. The summed E-state index contributed by atoms with van der Waals surface area (Å²) < 4.78 is 0. The van der Waals surface area contributed by atoms with Crippen molar-refractivity contribution in [2.45, 2.75) is 25.3 Å². The fraction of sp³-hybridized carbons (Fsp3) is 0.250. The van der Waals surface area contributed by atoms with Gasteiger partial charge in [0, 0.05) is 0 Å². The Kier molecular flexibility index (Phi) is 7.02. The van der Waals surface area contributed by atoms with Crippen LogP contribution in [0.1, 0.15) is 36.5 Å². The summed E-state index contributed by atoms with van der Waals surface area (Å²) in [4.78, 5) is 0. The maximum Gasteiger partial charge on any atom is 0.196 e. The minimum Gasteiger partial charge on any atom is -1.00 e. The number of halogens is 1. The van der Waals surface area contributed by atoms with Gasteiger partial charge in [-0.2, -0.15) is 5.11 Å². The van der Waals surface area contributed by atoms with Crippen molar-refractivity contribution >= 4 is 0 Å². The van der Waals surface area contributed by atoms with E-state index in [4.69, 9.17) is 0 Å². The summed E-state index contributed by atoms with van der Waals surface area (Å²) in [6, 6.07) is 32.2. The number of hydrogen-bond acceptors (Lipinski definition) is 3. The summed E-state index contributed by atoms with van der Waals surface area (Å²) in [5.41, 5.74) is 3.22. The normalized spacial score (nSPS) is 14.0. The fourth-order valence-electron chi connectivity index (χ4n) is 4.06.